The number of hydrogen-bond acceptors (Lipinski definition) is 5. The predicted octanol–water partition coefficient (Wildman–Crippen LogP) is 1.03. The van der Waals surface area contributed by atoms with Gasteiger partial charge in [-0.1, -0.05) is 59.3 Å². The lowest BCUT2D eigenvalue weighted by Crippen LogP contribution is -2.55. The van der Waals surface area contributed by atoms with Crippen molar-refractivity contribution in [3.8, 4) is 0 Å². The number of amides is 3. The lowest BCUT2D eigenvalue weighted by atomic mass is 9.75. The van der Waals surface area contributed by atoms with Crippen molar-refractivity contribution in [2.45, 2.75) is 97.0 Å². The minimum absolute atomic E-state index is 0.119. The number of carbonyl (C=O) groups is 3. The van der Waals surface area contributed by atoms with E-state index in [9.17, 15) is 24.4 Å². The van der Waals surface area contributed by atoms with Gasteiger partial charge in [0.15, 0.2) is 0 Å². The molecule has 0 unspecified atom stereocenters. The molecular weight excluding hydrogens is 361 g/mol. The molecule has 2 atom stereocenters. The van der Waals surface area contributed by atoms with Crippen molar-refractivity contribution >= 4 is 24.8 Å². The lowest BCUT2D eigenvalue weighted by Gasteiger charge is -2.23. The van der Waals surface area contributed by atoms with Crippen LogP contribution < -0.4 is 16.4 Å². The summed E-state index contributed by atoms with van der Waals surface area (Å²) in [4.78, 5) is 35.8. The summed E-state index contributed by atoms with van der Waals surface area (Å²) in [6.07, 6.45) is 7.79. The minimum atomic E-state index is -1.73. The van der Waals surface area contributed by atoms with Crippen LogP contribution in [0.4, 0.5) is 0 Å². The van der Waals surface area contributed by atoms with Gasteiger partial charge >= 0.3 is 7.12 Å². The summed E-state index contributed by atoms with van der Waals surface area (Å²) in [6.45, 7) is 5.92. The Kier molecular flexibility index (Phi) is 14.5. The monoisotopic (exact) mass is 399 g/mol. The van der Waals surface area contributed by atoms with Crippen LogP contribution in [0.25, 0.3) is 0 Å². The first-order valence-electron chi connectivity index (χ1n) is 10.4. The molecule has 0 spiro atoms. The van der Waals surface area contributed by atoms with Crippen molar-refractivity contribution in [2.75, 3.05) is 0 Å². The van der Waals surface area contributed by atoms with Crippen LogP contribution in [0.15, 0.2) is 0 Å². The van der Waals surface area contributed by atoms with Gasteiger partial charge in [0.2, 0.25) is 17.7 Å². The Balaban J connectivity index is 4.53. The van der Waals surface area contributed by atoms with Crippen LogP contribution in [0.3, 0.4) is 0 Å². The number of rotatable bonds is 16. The van der Waals surface area contributed by atoms with E-state index in [4.69, 9.17) is 5.73 Å². The molecule has 0 saturated carbocycles. The Labute approximate surface area is 169 Å². The van der Waals surface area contributed by atoms with Gasteiger partial charge in [0.1, 0.15) is 6.04 Å². The maximum Gasteiger partial charge on any atom is 0.475 e. The molecule has 0 radical (unpaired) electrons. The fourth-order valence-electron chi connectivity index (χ4n) is 2.97. The molecule has 0 aromatic heterocycles. The van der Waals surface area contributed by atoms with E-state index in [1.165, 1.54) is 19.3 Å². The molecule has 0 rings (SSSR count). The fourth-order valence-corrected chi connectivity index (χ4v) is 2.97. The van der Waals surface area contributed by atoms with E-state index in [-0.39, 0.29) is 24.7 Å². The van der Waals surface area contributed by atoms with Crippen molar-refractivity contribution in [2.24, 2.45) is 11.7 Å². The Hall–Kier alpha value is -1.61. The largest absolute Gasteiger partial charge is 0.475 e. The first-order chi connectivity index (χ1) is 13.2. The van der Waals surface area contributed by atoms with E-state index >= 15 is 0 Å². The summed E-state index contributed by atoms with van der Waals surface area (Å²) in [6, 6.07) is -1.12. The highest BCUT2D eigenvalue weighted by molar-refractivity contribution is 6.43. The molecule has 0 aromatic carbocycles. The van der Waals surface area contributed by atoms with Crippen LogP contribution in [0.5, 0.6) is 0 Å². The molecule has 9 heteroatoms. The Bertz CT molecular complexity index is 474. The lowest BCUT2D eigenvalue weighted by molar-refractivity contribution is -0.131. The molecular formula is C19H38BN3O5. The highest BCUT2D eigenvalue weighted by atomic mass is 16.4. The third-order valence-corrected chi connectivity index (χ3v) is 4.48. The molecule has 0 saturated heterocycles. The Morgan fingerprint density at radius 2 is 1.54 bits per heavy atom. The molecule has 162 valence electrons. The van der Waals surface area contributed by atoms with Crippen molar-refractivity contribution in [3.63, 3.8) is 0 Å². The molecule has 6 N–H and O–H groups in total. The van der Waals surface area contributed by atoms with E-state index in [0.717, 1.165) is 19.3 Å². The summed E-state index contributed by atoms with van der Waals surface area (Å²) >= 11 is 0. The zero-order valence-corrected chi connectivity index (χ0v) is 17.6. The van der Waals surface area contributed by atoms with E-state index in [2.05, 4.69) is 17.6 Å². The van der Waals surface area contributed by atoms with E-state index < -0.39 is 30.9 Å². The Morgan fingerprint density at radius 3 is 2.04 bits per heavy atom. The maximum absolute atomic E-state index is 12.4. The summed E-state index contributed by atoms with van der Waals surface area (Å²) in [7, 11) is -1.73. The number of carbonyl (C=O) groups excluding carboxylic acids is 3. The van der Waals surface area contributed by atoms with Crippen molar-refractivity contribution < 1.29 is 24.4 Å². The molecule has 0 aliphatic heterocycles. The van der Waals surface area contributed by atoms with Crippen molar-refractivity contribution in [3.05, 3.63) is 0 Å². The van der Waals surface area contributed by atoms with Crippen LogP contribution in [-0.4, -0.2) is 46.9 Å². The summed E-state index contributed by atoms with van der Waals surface area (Å²) in [5.41, 5.74) is 5.19. The molecule has 0 heterocycles. The van der Waals surface area contributed by atoms with Crippen LogP contribution in [0.1, 0.15) is 85.0 Å². The number of primary amides is 1. The molecule has 8 nitrogen and oxygen atoms in total. The molecule has 28 heavy (non-hydrogen) atoms. The van der Waals surface area contributed by atoms with Gasteiger partial charge in [-0.3, -0.25) is 14.4 Å². The maximum atomic E-state index is 12.4. The number of unbranched alkanes of at least 4 members (excludes halogenated alkanes) is 6. The smallest absolute Gasteiger partial charge is 0.426 e. The second-order valence-corrected chi connectivity index (χ2v) is 7.82. The standard InChI is InChI=1S/C19H38BN3O5/c1-4-5-6-7-8-9-10-11-18(25)22-15(13-17(21)24)19(26)23-16(20(27)28)12-14(2)3/h14-16,27-28H,4-13H2,1-3H3,(H2,21,24)(H,22,25)(H,23,26)/t15-,16-/m0/s1. The van der Waals surface area contributed by atoms with E-state index in [0.29, 0.717) is 12.8 Å². The zero-order chi connectivity index (χ0) is 21.5. The summed E-state index contributed by atoms with van der Waals surface area (Å²) in [5, 5.41) is 23.9. The quantitative estimate of drug-likeness (QED) is 0.195. The highest BCUT2D eigenvalue weighted by Gasteiger charge is 2.30. The minimum Gasteiger partial charge on any atom is -0.426 e. The van der Waals surface area contributed by atoms with Gasteiger partial charge in [-0.15, -0.1) is 0 Å². The average molecular weight is 399 g/mol. The van der Waals surface area contributed by atoms with Crippen LogP contribution in [0.2, 0.25) is 0 Å². The van der Waals surface area contributed by atoms with Gasteiger partial charge in [0.25, 0.3) is 0 Å². The second kappa shape index (κ2) is 15.3. The highest BCUT2D eigenvalue weighted by Crippen LogP contribution is 2.09. The first-order valence-corrected chi connectivity index (χ1v) is 10.4. The van der Waals surface area contributed by atoms with Crippen molar-refractivity contribution in [1.82, 2.24) is 10.6 Å². The van der Waals surface area contributed by atoms with Gasteiger partial charge < -0.3 is 26.4 Å². The molecule has 0 fully saturated rings. The first kappa shape index (κ1) is 26.4. The van der Waals surface area contributed by atoms with Gasteiger partial charge in [-0.05, 0) is 18.8 Å². The van der Waals surface area contributed by atoms with Crippen LogP contribution >= 0.6 is 0 Å². The number of nitrogens with one attached hydrogen (secondary N) is 2. The van der Waals surface area contributed by atoms with E-state index in [1.807, 2.05) is 13.8 Å². The van der Waals surface area contributed by atoms with Gasteiger partial charge in [0, 0.05) is 6.42 Å². The van der Waals surface area contributed by atoms with Crippen LogP contribution in [-0.2, 0) is 14.4 Å². The van der Waals surface area contributed by atoms with Gasteiger partial charge in [-0.2, -0.15) is 0 Å². The SMILES string of the molecule is CCCCCCCCCC(=O)N[C@@H](CC(N)=O)C(=O)N[C@@H](CC(C)C)B(O)O. The van der Waals surface area contributed by atoms with Crippen molar-refractivity contribution in [1.29, 1.82) is 0 Å². The molecule has 0 aliphatic carbocycles. The molecule has 0 bridgehead atoms. The number of hydrogen-bond donors (Lipinski definition) is 5. The van der Waals surface area contributed by atoms with E-state index in [1.54, 1.807) is 0 Å². The van der Waals surface area contributed by atoms with Gasteiger partial charge in [-0.25, -0.2) is 0 Å². The van der Waals surface area contributed by atoms with Crippen LogP contribution in [0, 0.1) is 5.92 Å². The molecule has 0 aromatic rings. The number of nitrogens with two attached hydrogens (primary N) is 1. The third-order valence-electron chi connectivity index (χ3n) is 4.48. The molecule has 0 aliphatic rings. The fraction of sp³-hybridized carbons (Fsp3) is 0.842. The average Bonchev–Trinajstić information content (AvgIpc) is 2.58. The normalized spacial score (nSPS) is 13.1. The summed E-state index contributed by atoms with van der Waals surface area (Å²) in [5.74, 6) is -2.46. The summed E-state index contributed by atoms with van der Waals surface area (Å²) < 4.78 is 0. The molecule has 3 amide bonds. The Morgan fingerprint density at radius 1 is 0.964 bits per heavy atom. The second-order valence-electron chi connectivity index (χ2n) is 7.82. The zero-order valence-electron chi connectivity index (χ0n) is 17.6. The third kappa shape index (κ3) is 13.5. The van der Waals surface area contributed by atoms with Gasteiger partial charge in [0.05, 0.1) is 12.4 Å². The topological polar surface area (TPSA) is 142 Å². The predicted molar refractivity (Wildman–Crippen MR) is 110 cm³/mol.